The highest BCUT2D eigenvalue weighted by Crippen LogP contribution is 2.23. The van der Waals surface area contributed by atoms with Crippen molar-refractivity contribution in [1.29, 1.82) is 0 Å². The quantitative estimate of drug-likeness (QED) is 0.913. The number of carbonyl (C=O) groups excluding carboxylic acids is 1. The first-order valence-electron chi connectivity index (χ1n) is 7.66. The van der Waals surface area contributed by atoms with Crippen LogP contribution in [0.5, 0.6) is 0 Å². The van der Waals surface area contributed by atoms with Gasteiger partial charge in [0.1, 0.15) is 11.9 Å². The molecule has 1 fully saturated rings. The maximum atomic E-state index is 13.1. The minimum Gasteiger partial charge on any atom is -0.368 e. The van der Waals surface area contributed by atoms with E-state index in [2.05, 4.69) is 26.6 Å². The van der Waals surface area contributed by atoms with Gasteiger partial charge in [-0.1, -0.05) is 12.1 Å². The van der Waals surface area contributed by atoms with Gasteiger partial charge in [0.25, 0.3) is 0 Å². The van der Waals surface area contributed by atoms with Gasteiger partial charge in [0.15, 0.2) is 0 Å². The Morgan fingerprint density at radius 2 is 1.87 bits per heavy atom. The summed E-state index contributed by atoms with van der Waals surface area (Å²) in [7, 11) is 0. The second-order valence-corrected chi connectivity index (χ2v) is 6.58. The van der Waals surface area contributed by atoms with Crippen LogP contribution < -0.4 is 5.73 Å². The molecule has 122 valence electrons. The Balaban J connectivity index is 1.64. The zero-order valence-electron chi connectivity index (χ0n) is 12.8. The zero-order valence-corrected chi connectivity index (χ0v) is 13.6. The van der Waals surface area contributed by atoms with E-state index in [0.29, 0.717) is 0 Å². The second kappa shape index (κ2) is 7.21. The van der Waals surface area contributed by atoms with Crippen LogP contribution in [-0.2, 0) is 11.3 Å². The number of carbonyl (C=O) groups is 1. The third-order valence-electron chi connectivity index (χ3n) is 4.21. The molecule has 1 aliphatic rings. The second-order valence-electron chi connectivity index (χ2n) is 5.80. The number of thiophene rings is 1. The Labute approximate surface area is 139 Å². The number of nitrogens with two attached hydrogens (primary N) is 1. The predicted molar refractivity (Wildman–Crippen MR) is 89.5 cm³/mol. The Morgan fingerprint density at radius 3 is 2.43 bits per heavy atom. The SMILES string of the molecule is NC(=O)[C@@H](c1ccc(F)cc1)N1CCN(Cc2ccsc2)CC1. The topological polar surface area (TPSA) is 49.6 Å². The highest BCUT2D eigenvalue weighted by atomic mass is 32.1. The van der Waals surface area contributed by atoms with Crippen molar-refractivity contribution in [2.75, 3.05) is 26.2 Å². The number of nitrogens with zero attached hydrogens (tertiary/aromatic N) is 2. The number of hydrogen-bond donors (Lipinski definition) is 1. The van der Waals surface area contributed by atoms with Crippen LogP contribution in [-0.4, -0.2) is 41.9 Å². The summed E-state index contributed by atoms with van der Waals surface area (Å²) < 4.78 is 13.1. The van der Waals surface area contributed by atoms with Gasteiger partial charge in [-0.3, -0.25) is 14.6 Å². The Morgan fingerprint density at radius 1 is 1.17 bits per heavy atom. The summed E-state index contributed by atoms with van der Waals surface area (Å²) in [5.41, 5.74) is 7.68. The summed E-state index contributed by atoms with van der Waals surface area (Å²) in [4.78, 5) is 16.4. The highest BCUT2D eigenvalue weighted by molar-refractivity contribution is 7.07. The molecule has 0 unspecified atom stereocenters. The average molecular weight is 333 g/mol. The molecule has 23 heavy (non-hydrogen) atoms. The summed E-state index contributed by atoms with van der Waals surface area (Å²) in [6.07, 6.45) is 0. The molecule has 0 spiro atoms. The van der Waals surface area contributed by atoms with E-state index >= 15 is 0 Å². The van der Waals surface area contributed by atoms with Gasteiger partial charge in [0.2, 0.25) is 5.91 Å². The van der Waals surface area contributed by atoms with E-state index in [0.717, 1.165) is 38.3 Å². The predicted octanol–water partition coefficient (Wildman–Crippen LogP) is 2.23. The number of benzene rings is 1. The molecule has 0 saturated carbocycles. The minimum absolute atomic E-state index is 0.308. The number of rotatable bonds is 5. The molecule has 0 aliphatic carbocycles. The van der Waals surface area contributed by atoms with Gasteiger partial charge in [-0.25, -0.2) is 4.39 Å². The molecule has 1 amide bonds. The van der Waals surface area contributed by atoms with Gasteiger partial charge in [-0.2, -0.15) is 11.3 Å². The lowest BCUT2D eigenvalue weighted by molar-refractivity contribution is -0.124. The molecule has 1 atom stereocenters. The standard InChI is InChI=1S/C17H20FN3OS/c18-15-3-1-14(2-4-15)16(17(19)22)21-8-6-20(7-9-21)11-13-5-10-23-12-13/h1-5,10,12,16H,6-9,11H2,(H2,19,22)/t16-/m1/s1. The van der Waals surface area contributed by atoms with Crippen molar-refractivity contribution < 1.29 is 9.18 Å². The van der Waals surface area contributed by atoms with Crippen LogP contribution in [0.25, 0.3) is 0 Å². The van der Waals surface area contributed by atoms with Crippen molar-refractivity contribution in [3.05, 3.63) is 58.0 Å². The number of hydrogen-bond acceptors (Lipinski definition) is 4. The van der Waals surface area contributed by atoms with E-state index in [1.165, 1.54) is 17.7 Å². The minimum atomic E-state index is -0.487. The monoisotopic (exact) mass is 333 g/mol. The van der Waals surface area contributed by atoms with Crippen molar-refractivity contribution in [2.45, 2.75) is 12.6 Å². The molecule has 2 aromatic rings. The molecule has 1 aromatic carbocycles. The number of halogens is 1. The van der Waals surface area contributed by atoms with E-state index in [-0.39, 0.29) is 11.7 Å². The van der Waals surface area contributed by atoms with Gasteiger partial charge >= 0.3 is 0 Å². The van der Waals surface area contributed by atoms with Gasteiger partial charge in [-0.05, 0) is 40.1 Å². The maximum Gasteiger partial charge on any atom is 0.239 e. The summed E-state index contributed by atoms with van der Waals surface area (Å²) in [5.74, 6) is -0.694. The third-order valence-corrected chi connectivity index (χ3v) is 4.95. The summed E-state index contributed by atoms with van der Waals surface area (Å²) in [6, 6.07) is 7.68. The van der Waals surface area contributed by atoms with Gasteiger partial charge in [-0.15, -0.1) is 0 Å². The van der Waals surface area contributed by atoms with Gasteiger partial charge in [0.05, 0.1) is 0 Å². The van der Waals surface area contributed by atoms with E-state index < -0.39 is 6.04 Å². The Kier molecular flexibility index (Phi) is 5.05. The Hall–Kier alpha value is -1.76. The Bertz CT molecular complexity index is 636. The van der Waals surface area contributed by atoms with E-state index in [1.807, 2.05) is 0 Å². The average Bonchev–Trinajstić information content (AvgIpc) is 3.04. The fourth-order valence-corrected chi connectivity index (χ4v) is 3.68. The first kappa shape index (κ1) is 16.1. The molecular formula is C17H20FN3OS. The summed E-state index contributed by atoms with van der Waals surface area (Å²) in [6.45, 7) is 4.26. The van der Waals surface area contributed by atoms with Crippen LogP contribution in [0.15, 0.2) is 41.1 Å². The maximum absolute atomic E-state index is 13.1. The van der Waals surface area contributed by atoms with E-state index in [4.69, 9.17) is 5.73 Å². The first-order valence-corrected chi connectivity index (χ1v) is 8.60. The largest absolute Gasteiger partial charge is 0.368 e. The van der Waals surface area contributed by atoms with Gasteiger partial charge in [0, 0.05) is 32.7 Å². The van der Waals surface area contributed by atoms with Crippen molar-refractivity contribution in [3.8, 4) is 0 Å². The molecular weight excluding hydrogens is 313 g/mol. The lowest BCUT2D eigenvalue weighted by Gasteiger charge is -2.38. The molecule has 4 nitrogen and oxygen atoms in total. The number of piperazine rings is 1. The number of amides is 1. The zero-order chi connectivity index (χ0) is 16.2. The lowest BCUT2D eigenvalue weighted by atomic mass is 10.0. The first-order chi connectivity index (χ1) is 11.1. The molecule has 0 bridgehead atoms. The van der Waals surface area contributed by atoms with E-state index in [1.54, 1.807) is 23.5 Å². The van der Waals surface area contributed by atoms with Crippen molar-refractivity contribution in [2.24, 2.45) is 5.73 Å². The molecule has 2 heterocycles. The molecule has 0 radical (unpaired) electrons. The number of primary amides is 1. The van der Waals surface area contributed by atoms with Crippen molar-refractivity contribution in [1.82, 2.24) is 9.80 Å². The van der Waals surface area contributed by atoms with Crippen LogP contribution >= 0.6 is 11.3 Å². The normalized spacial score (nSPS) is 18.0. The molecule has 1 saturated heterocycles. The molecule has 1 aromatic heterocycles. The fraction of sp³-hybridized carbons (Fsp3) is 0.353. The van der Waals surface area contributed by atoms with Crippen LogP contribution in [0.3, 0.4) is 0 Å². The van der Waals surface area contributed by atoms with Crippen LogP contribution in [0.2, 0.25) is 0 Å². The molecule has 1 aliphatic heterocycles. The van der Waals surface area contributed by atoms with Crippen molar-refractivity contribution >= 4 is 17.2 Å². The molecule has 3 rings (SSSR count). The van der Waals surface area contributed by atoms with Crippen LogP contribution in [0.4, 0.5) is 4.39 Å². The molecule has 2 N–H and O–H groups in total. The molecule has 6 heteroatoms. The summed E-state index contributed by atoms with van der Waals surface area (Å²) in [5, 5.41) is 4.25. The third kappa shape index (κ3) is 3.96. The van der Waals surface area contributed by atoms with E-state index in [9.17, 15) is 9.18 Å². The fourth-order valence-electron chi connectivity index (χ4n) is 3.02. The smallest absolute Gasteiger partial charge is 0.239 e. The summed E-state index contributed by atoms with van der Waals surface area (Å²) >= 11 is 1.71. The van der Waals surface area contributed by atoms with Crippen LogP contribution in [0.1, 0.15) is 17.2 Å². The van der Waals surface area contributed by atoms with Crippen LogP contribution in [0, 0.1) is 5.82 Å². The highest BCUT2D eigenvalue weighted by Gasteiger charge is 2.28. The lowest BCUT2D eigenvalue weighted by Crippen LogP contribution is -2.49. The van der Waals surface area contributed by atoms with Crippen molar-refractivity contribution in [3.63, 3.8) is 0 Å². The van der Waals surface area contributed by atoms with Gasteiger partial charge < -0.3 is 5.73 Å².